The highest BCUT2D eigenvalue weighted by atomic mass is 35.5. The molecule has 0 amide bonds. The average Bonchev–Trinajstić information content (AvgIpc) is 2.73. The highest BCUT2D eigenvalue weighted by Gasteiger charge is 2.14. The van der Waals surface area contributed by atoms with Crippen LogP contribution in [-0.2, 0) is 4.74 Å². The summed E-state index contributed by atoms with van der Waals surface area (Å²) >= 11 is 7.48. The van der Waals surface area contributed by atoms with Crippen LogP contribution < -0.4 is 4.74 Å². The summed E-state index contributed by atoms with van der Waals surface area (Å²) in [4.78, 5) is 11.9. The van der Waals surface area contributed by atoms with Crippen LogP contribution in [0.15, 0.2) is 18.2 Å². The smallest absolute Gasteiger partial charge is 0.348 e. The number of thiophene rings is 1. The molecule has 1 aromatic heterocycles. The third-order valence-electron chi connectivity index (χ3n) is 2.21. The molecule has 2 rings (SSSR count). The fraction of sp³-hybridized carbons (Fsp3) is 0.182. The molecule has 0 spiro atoms. The van der Waals surface area contributed by atoms with E-state index >= 15 is 0 Å². The molecule has 0 radical (unpaired) electrons. The van der Waals surface area contributed by atoms with Crippen molar-refractivity contribution in [3.8, 4) is 5.75 Å². The number of hydrogen-bond acceptors (Lipinski definition) is 4. The van der Waals surface area contributed by atoms with Gasteiger partial charge in [0.05, 0.1) is 19.2 Å². The summed E-state index contributed by atoms with van der Waals surface area (Å²) in [5.41, 5.74) is 0. The van der Waals surface area contributed by atoms with E-state index < -0.39 is 0 Å². The van der Waals surface area contributed by atoms with Gasteiger partial charge in [-0.2, -0.15) is 0 Å². The molecule has 0 unspecified atom stereocenters. The predicted octanol–water partition coefficient (Wildman–Crippen LogP) is 3.35. The molecule has 1 aromatic carbocycles. The van der Waals surface area contributed by atoms with Gasteiger partial charge in [-0.1, -0.05) is 11.6 Å². The Morgan fingerprint density at radius 3 is 2.75 bits per heavy atom. The highest BCUT2D eigenvalue weighted by Crippen LogP contribution is 2.37. The third-order valence-corrected chi connectivity index (χ3v) is 3.68. The fourth-order valence-corrected chi connectivity index (χ4v) is 2.76. The number of hydrogen-bond donors (Lipinski definition) is 0. The number of carbonyl (C=O) groups is 1. The third kappa shape index (κ3) is 1.74. The fourth-order valence-electron chi connectivity index (χ4n) is 1.42. The minimum absolute atomic E-state index is 0.351. The molecule has 1 heterocycles. The number of methoxy groups -OCH3 is 2. The van der Waals surface area contributed by atoms with E-state index in [9.17, 15) is 4.79 Å². The first-order valence-corrected chi connectivity index (χ1v) is 5.71. The van der Waals surface area contributed by atoms with Gasteiger partial charge in [0.15, 0.2) is 0 Å². The molecule has 0 aliphatic rings. The van der Waals surface area contributed by atoms with Crippen molar-refractivity contribution >= 4 is 39.0 Å². The average molecular weight is 257 g/mol. The lowest BCUT2D eigenvalue weighted by molar-refractivity contribution is 0.0606. The topological polar surface area (TPSA) is 35.5 Å². The van der Waals surface area contributed by atoms with E-state index in [2.05, 4.69) is 4.74 Å². The molecule has 0 bridgehead atoms. The Hall–Kier alpha value is -1.26. The summed E-state index contributed by atoms with van der Waals surface area (Å²) in [6, 6.07) is 5.37. The molecule has 3 nitrogen and oxygen atoms in total. The summed E-state index contributed by atoms with van der Waals surface area (Å²) in [6.07, 6.45) is 0. The van der Waals surface area contributed by atoms with Gasteiger partial charge in [-0.3, -0.25) is 0 Å². The van der Waals surface area contributed by atoms with E-state index in [0.717, 1.165) is 10.1 Å². The molecule has 0 N–H and O–H groups in total. The van der Waals surface area contributed by atoms with Crippen LogP contribution in [0.4, 0.5) is 0 Å². The minimum atomic E-state index is -0.351. The van der Waals surface area contributed by atoms with Crippen molar-refractivity contribution in [1.82, 2.24) is 0 Å². The van der Waals surface area contributed by atoms with Crippen molar-refractivity contribution in [3.63, 3.8) is 0 Å². The van der Waals surface area contributed by atoms with Gasteiger partial charge in [0.25, 0.3) is 0 Å². The summed E-state index contributed by atoms with van der Waals surface area (Å²) in [5.74, 6) is 0.250. The first-order chi connectivity index (χ1) is 7.67. The van der Waals surface area contributed by atoms with Gasteiger partial charge in [-0.05, 0) is 18.2 Å². The van der Waals surface area contributed by atoms with E-state index in [1.54, 1.807) is 19.2 Å². The molecule has 2 aromatic rings. The van der Waals surface area contributed by atoms with Crippen LogP contribution in [0.5, 0.6) is 5.75 Å². The quantitative estimate of drug-likeness (QED) is 0.773. The van der Waals surface area contributed by atoms with Gasteiger partial charge in [0.2, 0.25) is 0 Å². The second-order valence-corrected chi connectivity index (χ2v) is 4.56. The molecule has 0 fully saturated rings. The maximum Gasteiger partial charge on any atom is 0.348 e. The molecular formula is C11H9ClO3S. The van der Waals surface area contributed by atoms with Gasteiger partial charge in [-0.15, -0.1) is 11.3 Å². The largest absolute Gasteiger partial charge is 0.495 e. The highest BCUT2D eigenvalue weighted by molar-refractivity contribution is 7.20. The Morgan fingerprint density at radius 1 is 1.38 bits per heavy atom. The number of halogens is 1. The van der Waals surface area contributed by atoms with E-state index in [1.807, 2.05) is 6.07 Å². The zero-order valence-electron chi connectivity index (χ0n) is 8.74. The van der Waals surface area contributed by atoms with Crippen LogP contribution >= 0.6 is 22.9 Å². The van der Waals surface area contributed by atoms with Gasteiger partial charge >= 0.3 is 5.97 Å². The van der Waals surface area contributed by atoms with Crippen molar-refractivity contribution < 1.29 is 14.3 Å². The predicted molar refractivity (Wildman–Crippen MR) is 64.7 cm³/mol. The number of ether oxygens (including phenoxy) is 2. The van der Waals surface area contributed by atoms with E-state index in [1.165, 1.54) is 18.4 Å². The van der Waals surface area contributed by atoms with Crippen molar-refractivity contribution in [2.24, 2.45) is 0 Å². The van der Waals surface area contributed by atoms with Crippen LogP contribution in [0, 0.1) is 0 Å². The van der Waals surface area contributed by atoms with Crippen LogP contribution in [0.3, 0.4) is 0 Å². The second-order valence-electron chi connectivity index (χ2n) is 3.10. The van der Waals surface area contributed by atoms with Gasteiger partial charge in [0.1, 0.15) is 10.6 Å². The molecule has 0 atom stereocenters. The number of benzene rings is 1. The molecule has 0 saturated carbocycles. The standard InChI is InChI=1S/C11H9ClO3S/c1-14-7-3-4-8-6(10(7)12)5-9(16-8)11(13)15-2/h3-5H,1-2H3. The summed E-state index contributed by atoms with van der Waals surface area (Å²) in [6.45, 7) is 0. The monoisotopic (exact) mass is 256 g/mol. The van der Waals surface area contributed by atoms with Crippen LogP contribution in [-0.4, -0.2) is 20.2 Å². The Bertz CT molecular complexity index is 547. The summed E-state index contributed by atoms with van der Waals surface area (Å²) in [5, 5.41) is 1.33. The van der Waals surface area contributed by atoms with E-state index in [4.69, 9.17) is 16.3 Å². The van der Waals surface area contributed by atoms with Crippen molar-refractivity contribution in [3.05, 3.63) is 28.1 Å². The molecule has 16 heavy (non-hydrogen) atoms. The van der Waals surface area contributed by atoms with Gasteiger partial charge in [-0.25, -0.2) is 4.79 Å². The zero-order valence-corrected chi connectivity index (χ0v) is 10.3. The number of esters is 1. The molecular weight excluding hydrogens is 248 g/mol. The number of carbonyl (C=O) groups excluding carboxylic acids is 1. The molecule has 0 saturated heterocycles. The SMILES string of the molecule is COC(=O)c1cc2c(Cl)c(OC)ccc2s1. The molecule has 0 aliphatic carbocycles. The maximum absolute atomic E-state index is 11.4. The summed E-state index contributed by atoms with van der Waals surface area (Å²) in [7, 11) is 2.91. The van der Waals surface area contributed by atoms with E-state index in [-0.39, 0.29) is 5.97 Å². The first kappa shape index (κ1) is 11.2. The van der Waals surface area contributed by atoms with Crippen LogP contribution in [0.2, 0.25) is 5.02 Å². The van der Waals surface area contributed by atoms with E-state index in [0.29, 0.717) is 15.6 Å². The lowest BCUT2D eigenvalue weighted by Crippen LogP contribution is -1.96. The van der Waals surface area contributed by atoms with Crippen molar-refractivity contribution in [2.75, 3.05) is 14.2 Å². The normalized spacial score (nSPS) is 10.4. The maximum atomic E-state index is 11.4. The van der Waals surface area contributed by atoms with Gasteiger partial charge in [0, 0.05) is 10.1 Å². The number of fused-ring (bicyclic) bond motifs is 1. The Labute approximate surface area is 102 Å². The lowest BCUT2D eigenvalue weighted by atomic mass is 10.2. The lowest BCUT2D eigenvalue weighted by Gasteiger charge is -2.02. The Kier molecular flexibility index (Phi) is 3.03. The van der Waals surface area contributed by atoms with Crippen LogP contribution in [0.25, 0.3) is 10.1 Å². The van der Waals surface area contributed by atoms with Crippen molar-refractivity contribution in [2.45, 2.75) is 0 Å². The van der Waals surface area contributed by atoms with Gasteiger partial charge < -0.3 is 9.47 Å². The first-order valence-electron chi connectivity index (χ1n) is 4.51. The van der Waals surface area contributed by atoms with Crippen molar-refractivity contribution in [1.29, 1.82) is 0 Å². The van der Waals surface area contributed by atoms with Crippen LogP contribution in [0.1, 0.15) is 9.67 Å². The Morgan fingerprint density at radius 2 is 2.12 bits per heavy atom. The number of rotatable bonds is 2. The summed E-state index contributed by atoms with van der Waals surface area (Å²) < 4.78 is 10.7. The molecule has 5 heteroatoms. The molecule has 84 valence electrons. The second kappa shape index (κ2) is 4.31. The minimum Gasteiger partial charge on any atom is -0.495 e. The molecule has 0 aliphatic heterocycles. The Balaban J connectivity index is 2.62. The zero-order chi connectivity index (χ0) is 11.7.